The Morgan fingerprint density at radius 3 is 2.37 bits per heavy atom. The molecule has 0 aromatic heterocycles. The number of rotatable bonds is 19. The van der Waals surface area contributed by atoms with Crippen molar-refractivity contribution in [2.45, 2.75) is 148 Å². The number of fused-ring (bicyclic) bond motifs is 1. The van der Waals surface area contributed by atoms with E-state index in [0.717, 1.165) is 37.8 Å². The van der Waals surface area contributed by atoms with E-state index in [1.807, 2.05) is 45.6 Å². The Morgan fingerprint density at radius 2 is 1.69 bits per heavy atom. The normalized spacial score (nSPS) is 31.2. The average molecular weight is 825 g/mol. The van der Waals surface area contributed by atoms with E-state index in [1.165, 1.54) is 0 Å². The van der Waals surface area contributed by atoms with Crippen molar-refractivity contribution in [3.8, 4) is 0 Å². The number of hydrogen-bond donors (Lipinski definition) is 10. The molecule has 1 saturated carbocycles. The molecule has 59 heavy (non-hydrogen) atoms. The third-order valence-electron chi connectivity index (χ3n) is 13.6. The summed E-state index contributed by atoms with van der Waals surface area (Å²) < 4.78 is 0. The highest BCUT2D eigenvalue weighted by molar-refractivity contribution is 6.25. The van der Waals surface area contributed by atoms with Crippen LogP contribution in [0.25, 0.3) is 0 Å². The van der Waals surface area contributed by atoms with Gasteiger partial charge in [0.1, 0.15) is 11.3 Å². The number of likely N-dealkylation sites (tertiary alicyclic amines) is 1. The van der Waals surface area contributed by atoms with E-state index in [9.17, 15) is 45.3 Å². The van der Waals surface area contributed by atoms with E-state index in [-0.39, 0.29) is 72.3 Å². The monoisotopic (exact) mass is 825 g/mol. The SMILES string of the molecule is CC1=CC2C(O)CCCC2C(C)(/C(O)=C2/C(=O)CNC2=O)C1CCC(C)C(O)/C(C)=C/CC(O)/C=C/C(C)C(O)/C=C/CC(O)/C=C/CC(O)CC1CCCN1C(=N)N. The van der Waals surface area contributed by atoms with Gasteiger partial charge in [0.15, 0.2) is 11.7 Å². The minimum Gasteiger partial charge on any atom is -0.511 e. The van der Waals surface area contributed by atoms with Crippen LogP contribution >= 0.6 is 0 Å². The van der Waals surface area contributed by atoms with Crippen LogP contribution < -0.4 is 11.1 Å². The van der Waals surface area contributed by atoms with Crippen molar-refractivity contribution in [3.05, 3.63) is 71.1 Å². The Morgan fingerprint density at radius 1 is 1.00 bits per heavy atom. The molecule has 13 heteroatoms. The molecule has 2 saturated heterocycles. The molecular formula is C46H72N4O9. The summed E-state index contributed by atoms with van der Waals surface area (Å²) in [4.78, 5) is 27.3. The van der Waals surface area contributed by atoms with E-state index >= 15 is 0 Å². The molecule has 1 amide bonds. The van der Waals surface area contributed by atoms with E-state index in [2.05, 4.69) is 11.4 Å². The van der Waals surface area contributed by atoms with Gasteiger partial charge in [-0.15, -0.1) is 0 Å². The molecule has 0 radical (unpaired) electrons. The van der Waals surface area contributed by atoms with Gasteiger partial charge in [-0.3, -0.25) is 15.0 Å². The second-order valence-corrected chi connectivity index (χ2v) is 17.9. The molecule has 2 aliphatic carbocycles. The maximum absolute atomic E-state index is 12.8. The fourth-order valence-electron chi connectivity index (χ4n) is 9.89. The lowest BCUT2D eigenvalue weighted by atomic mass is 9.52. The zero-order valence-electron chi connectivity index (χ0n) is 35.7. The van der Waals surface area contributed by atoms with Crippen molar-refractivity contribution in [1.82, 2.24) is 10.2 Å². The number of ketones is 1. The van der Waals surface area contributed by atoms with Gasteiger partial charge >= 0.3 is 0 Å². The van der Waals surface area contributed by atoms with Gasteiger partial charge in [0, 0.05) is 29.8 Å². The van der Waals surface area contributed by atoms with Gasteiger partial charge < -0.3 is 51.7 Å². The average Bonchev–Trinajstić information content (AvgIpc) is 3.80. The standard InChI is InChI=1S/C46H72N4O9/c1-27(38(54)15-7-12-32(51)11-6-13-34(53)25-31-10-9-23-50(31)45(47)48)17-20-33(52)21-18-28(2)42(57)29(3)19-22-36-30(4)24-35-37(14-8-16-39(35)55)46(36,5)43(58)41-40(56)26-49-44(41)59/h6-7,11,15,17-18,20,24,27,29,31-39,42,51-55,57-58H,8-10,12-14,16,19,21-23,25-26H2,1-5H3,(H3,47,48)(H,49,59)/b11-6+,15-7+,20-17+,28-18+,43-41+. The predicted molar refractivity (Wildman–Crippen MR) is 229 cm³/mol. The zero-order chi connectivity index (χ0) is 43.6. The first-order valence-electron chi connectivity index (χ1n) is 21.7. The number of amides is 1. The Balaban J connectivity index is 1.25. The highest BCUT2D eigenvalue weighted by Crippen LogP contribution is 2.58. The molecule has 4 aliphatic rings. The minimum atomic E-state index is -0.953. The number of hydrogen-bond acceptors (Lipinski definition) is 10. The van der Waals surface area contributed by atoms with Gasteiger partial charge in [-0.05, 0) is 101 Å². The molecule has 0 spiro atoms. The van der Waals surface area contributed by atoms with Crippen LogP contribution in [0.5, 0.6) is 0 Å². The Kier molecular flexibility index (Phi) is 17.8. The first-order valence-corrected chi connectivity index (χ1v) is 21.7. The smallest absolute Gasteiger partial charge is 0.258 e. The number of carbonyl (C=O) groups excluding carboxylic acids is 2. The van der Waals surface area contributed by atoms with Gasteiger partial charge in [0.05, 0.1) is 43.2 Å². The molecular weight excluding hydrogens is 753 g/mol. The molecule has 0 aromatic rings. The first kappa shape index (κ1) is 48.1. The lowest BCUT2D eigenvalue weighted by Crippen LogP contribution is -2.50. The lowest BCUT2D eigenvalue weighted by Gasteiger charge is -2.53. The molecule has 2 heterocycles. The number of Topliss-reactive ketones (excluding diaryl/α,β-unsaturated/α-hetero) is 1. The van der Waals surface area contributed by atoms with E-state index in [1.54, 1.807) is 36.5 Å². The highest BCUT2D eigenvalue weighted by Gasteiger charge is 2.55. The van der Waals surface area contributed by atoms with Crippen LogP contribution in [0.4, 0.5) is 0 Å². The summed E-state index contributed by atoms with van der Waals surface area (Å²) in [6.45, 7) is 10.1. The topological polar surface area (TPSA) is 241 Å². The molecule has 4 rings (SSSR count). The predicted octanol–water partition coefficient (Wildman–Crippen LogP) is 4.25. The van der Waals surface area contributed by atoms with Crippen molar-refractivity contribution in [1.29, 1.82) is 5.41 Å². The molecule has 0 aromatic carbocycles. The second-order valence-electron chi connectivity index (χ2n) is 17.9. The van der Waals surface area contributed by atoms with Crippen LogP contribution in [-0.2, 0) is 9.59 Å². The van der Waals surface area contributed by atoms with Crippen molar-refractivity contribution in [2.24, 2.45) is 40.7 Å². The van der Waals surface area contributed by atoms with Crippen LogP contribution in [0.2, 0.25) is 0 Å². The third-order valence-corrected chi connectivity index (χ3v) is 13.6. The van der Waals surface area contributed by atoms with Gasteiger partial charge in [-0.25, -0.2) is 0 Å². The van der Waals surface area contributed by atoms with Crippen molar-refractivity contribution in [3.63, 3.8) is 0 Å². The van der Waals surface area contributed by atoms with Crippen molar-refractivity contribution in [2.75, 3.05) is 13.1 Å². The van der Waals surface area contributed by atoms with Crippen LogP contribution in [-0.4, -0.2) is 114 Å². The van der Waals surface area contributed by atoms with E-state index in [4.69, 9.17) is 11.1 Å². The Labute approximate surface area is 350 Å². The fraction of sp³-hybridized carbons (Fsp3) is 0.674. The van der Waals surface area contributed by atoms with Gasteiger partial charge in [0.25, 0.3) is 5.91 Å². The summed E-state index contributed by atoms with van der Waals surface area (Å²) in [7, 11) is 0. The maximum Gasteiger partial charge on any atom is 0.258 e. The van der Waals surface area contributed by atoms with Crippen LogP contribution in [0, 0.1) is 40.4 Å². The fourth-order valence-corrected chi connectivity index (χ4v) is 9.89. The summed E-state index contributed by atoms with van der Waals surface area (Å²) in [6, 6.07) is 0.0588. The molecule has 13 unspecified atom stereocenters. The Hall–Kier alpha value is -3.59. The second kappa shape index (κ2) is 21.8. The molecule has 2 aliphatic heterocycles. The quantitative estimate of drug-likeness (QED) is 0.0221. The Bertz CT molecular complexity index is 1640. The molecule has 330 valence electrons. The van der Waals surface area contributed by atoms with Crippen LogP contribution in [0.1, 0.15) is 105 Å². The number of nitrogens with two attached hydrogens (primary N) is 1. The van der Waals surface area contributed by atoms with Gasteiger partial charge in [-0.2, -0.15) is 0 Å². The van der Waals surface area contributed by atoms with Crippen molar-refractivity contribution < 1.29 is 45.3 Å². The number of nitrogens with one attached hydrogen (secondary N) is 2. The van der Waals surface area contributed by atoms with E-state index in [0.29, 0.717) is 37.7 Å². The summed E-state index contributed by atoms with van der Waals surface area (Å²) in [5.41, 5.74) is 6.20. The molecule has 13 nitrogen and oxygen atoms in total. The number of aliphatic hydroxyl groups is 7. The number of allylic oxidation sites excluding steroid dienone is 2. The zero-order valence-corrected chi connectivity index (χ0v) is 35.7. The van der Waals surface area contributed by atoms with Gasteiger partial charge in [-0.1, -0.05) is 81.4 Å². The third kappa shape index (κ3) is 12.3. The largest absolute Gasteiger partial charge is 0.511 e. The number of aliphatic hydroxyl groups excluding tert-OH is 7. The summed E-state index contributed by atoms with van der Waals surface area (Å²) in [5.74, 6) is -2.23. The molecule has 11 N–H and O–H groups in total. The molecule has 0 bridgehead atoms. The first-order chi connectivity index (χ1) is 27.9. The lowest BCUT2D eigenvalue weighted by molar-refractivity contribution is -0.118. The highest BCUT2D eigenvalue weighted by atomic mass is 16.3. The van der Waals surface area contributed by atoms with Gasteiger partial charge in [0.2, 0.25) is 0 Å². The summed E-state index contributed by atoms with van der Waals surface area (Å²) >= 11 is 0. The number of guanidine groups is 1. The summed E-state index contributed by atoms with van der Waals surface area (Å²) in [5, 5.41) is 86.3. The van der Waals surface area contributed by atoms with Crippen molar-refractivity contribution >= 4 is 17.6 Å². The maximum atomic E-state index is 12.8. The van der Waals surface area contributed by atoms with Crippen LogP contribution in [0.15, 0.2) is 71.1 Å². The molecule has 3 fully saturated rings. The summed E-state index contributed by atoms with van der Waals surface area (Å²) in [6.07, 6.45) is 16.2. The number of carbonyl (C=O) groups is 2. The van der Waals surface area contributed by atoms with E-state index < -0.39 is 53.7 Å². The minimum absolute atomic E-state index is 0.0315. The van der Waals surface area contributed by atoms with Crippen LogP contribution in [0.3, 0.4) is 0 Å². The molecule has 13 atom stereocenters. The number of nitrogens with zero attached hydrogens (tertiary/aromatic N) is 1.